The molecule has 1 fully saturated rings. The Morgan fingerprint density at radius 1 is 1.14 bits per heavy atom. The number of hydrogen-bond acceptors (Lipinski definition) is 6. The highest BCUT2D eigenvalue weighted by Gasteiger charge is 2.19. The molecule has 0 bridgehead atoms. The summed E-state index contributed by atoms with van der Waals surface area (Å²) in [7, 11) is 0. The summed E-state index contributed by atoms with van der Waals surface area (Å²) < 4.78 is 0. The number of aromatic nitrogens is 3. The number of nitrogens with two attached hydrogens (primary N) is 1. The van der Waals surface area contributed by atoms with Crippen LogP contribution in [-0.2, 0) is 0 Å². The molecule has 112 valence electrons. The fourth-order valence-corrected chi connectivity index (χ4v) is 2.70. The van der Waals surface area contributed by atoms with Crippen molar-refractivity contribution in [3.8, 4) is 0 Å². The topological polar surface area (TPSA) is 71.2 Å². The van der Waals surface area contributed by atoms with Gasteiger partial charge in [0, 0.05) is 45.1 Å². The van der Waals surface area contributed by atoms with Crippen LogP contribution in [-0.4, -0.2) is 59.1 Å². The van der Waals surface area contributed by atoms with Crippen LogP contribution in [0.15, 0.2) is 24.5 Å². The van der Waals surface area contributed by atoms with E-state index in [9.17, 15) is 0 Å². The molecule has 6 heteroatoms. The van der Waals surface area contributed by atoms with Crippen LogP contribution in [0.3, 0.4) is 0 Å². The first-order chi connectivity index (χ1) is 10.3. The van der Waals surface area contributed by atoms with E-state index in [2.05, 4.69) is 31.7 Å². The lowest BCUT2D eigenvalue weighted by Crippen LogP contribution is -2.48. The van der Waals surface area contributed by atoms with Crippen LogP contribution in [0.1, 0.15) is 6.92 Å². The van der Waals surface area contributed by atoms with E-state index in [1.54, 1.807) is 12.4 Å². The quantitative estimate of drug-likeness (QED) is 0.894. The minimum Gasteiger partial charge on any atom is -0.354 e. The van der Waals surface area contributed by atoms with Gasteiger partial charge in [-0.2, -0.15) is 0 Å². The fraction of sp³-hybridized carbons (Fsp3) is 0.533. The highest BCUT2D eigenvalue weighted by Crippen LogP contribution is 2.17. The summed E-state index contributed by atoms with van der Waals surface area (Å²) in [5.41, 5.74) is 7.26. The molecule has 2 aromatic heterocycles. The van der Waals surface area contributed by atoms with Gasteiger partial charge in [-0.05, 0) is 24.6 Å². The molecule has 0 aliphatic carbocycles. The van der Waals surface area contributed by atoms with E-state index in [0.29, 0.717) is 11.6 Å². The third-order valence-electron chi connectivity index (χ3n) is 3.99. The van der Waals surface area contributed by atoms with E-state index in [1.165, 1.54) is 0 Å². The summed E-state index contributed by atoms with van der Waals surface area (Å²) in [6.07, 6.45) is 3.38. The second kappa shape index (κ2) is 6.32. The van der Waals surface area contributed by atoms with Crippen molar-refractivity contribution < 1.29 is 0 Å². The molecular weight excluding hydrogens is 264 g/mol. The van der Waals surface area contributed by atoms with Crippen LogP contribution in [0, 0.1) is 5.92 Å². The molecule has 0 saturated carbocycles. The average molecular weight is 286 g/mol. The highest BCUT2D eigenvalue weighted by atomic mass is 15.3. The first-order valence-corrected chi connectivity index (χ1v) is 7.51. The van der Waals surface area contributed by atoms with Gasteiger partial charge in [0.1, 0.15) is 11.3 Å². The molecule has 21 heavy (non-hydrogen) atoms. The van der Waals surface area contributed by atoms with Gasteiger partial charge in [0.15, 0.2) is 5.65 Å². The Hall–Kier alpha value is -1.79. The average Bonchev–Trinajstić information content (AvgIpc) is 2.55. The maximum Gasteiger partial charge on any atom is 0.180 e. The molecule has 1 aliphatic heterocycles. The molecular formula is C15H22N6. The summed E-state index contributed by atoms with van der Waals surface area (Å²) in [6, 6.07) is 4.03. The molecule has 3 heterocycles. The molecule has 1 atom stereocenters. The van der Waals surface area contributed by atoms with E-state index in [-0.39, 0.29) is 0 Å². The van der Waals surface area contributed by atoms with Gasteiger partial charge < -0.3 is 10.6 Å². The third kappa shape index (κ3) is 3.28. The zero-order chi connectivity index (χ0) is 14.7. The van der Waals surface area contributed by atoms with Crippen molar-refractivity contribution in [3.63, 3.8) is 0 Å². The fourth-order valence-electron chi connectivity index (χ4n) is 2.70. The summed E-state index contributed by atoms with van der Waals surface area (Å²) in [4.78, 5) is 17.9. The maximum absolute atomic E-state index is 5.70. The number of pyridine rings is 1. The molecule has 2 aromatic rings. The van der Waals surface area contributed by atoms with Crippen molar-refractivity contribution in [1.29, 1.82) is 0 Å². The van der Waals surface area contributed by atoms with E-state index in [0.717, 1.165) is 50.6 Å². The molecule has 0 spiro atoms. The van der Waals surface area contributed by atoms with Gasteiger partial charge in [0.25, 0.3) is 0 Å². The van der Waals surface area contributed by atoms with E-state index in [4.69, 9.17) is 5.73 Å². The number of fused-ring (bicyclic) bond motifs is 1. The molecule has 0 amide bonds. The molecule has 1 aliphatic rings. The lowest BCUT2D eigenvalue weighted by atomic mass is 10.1. The van der Waals surface area contributed by atoms with Crippen LogP contribution in [0.4, 0.5) is 5.82 Å². The van der Waals surface area contributed by atoms with Gasteiger partial charge in [0.2, 0.25) is 0 Å². The number of piperazine rings is 1. The van der Waals surface area contributed by atoms with Crippen molar-refractivity contribution in [2.45, 2.75) is 6.92 Å². The van der Waals surface area contributed by atoms with E-state index < -0.39 is 0 Å². The zero-order valence-corrected chi connectivity index (χ0v) is 12.4. The zero-order valence-electron chi connectivity index (χ0n) is 12.4. The van der Waals surface area contributed by atoms with Crippen LogP contribution in [0.5, 0.6) is 0 Å². The lowest BCUT2D eigenvalue weighted by molar-refractivity contribution is 0.227. The van der Waals surface area contributed by atoms with Gasteiger partial charge in [0.05, 0.1) is 0 Å². The van der Waals surface area contributed by atoms with Gasteiger partial charge in [-0.3, -0.25) is 9.88 Å². The Morgan fingerprint density at radius 3 is 2.67 bits per heavy atom. The van der Waals surface area contributed by atoms with Crippen molar-refractivity contribution in [2.75, 3.05) is 44.2 Å². The lowest BCUT2D eigenvalue weighted by Gasteiger charge is -2.36. The predicted octanol–water partition coefficient (Wildman–Crippen LogP) is 0.742. The minimum absolute atomic E-state index is 0.561. The second-order valence-corrected chi connectivity index (χ2v) is 5.70. The van der Waals surface area contributed by atoms with Crippen LogP contribution < -0.4 is 10.6 Å². The summed E-state index contributed by atoms with van der Waals surface area (Å²) >= 11 is 0. The monoisotopic (exact) mass is 286 g/mol. The first kappa shape index (κ1) is 14.2. The van der Waals surface area contributed by atoms with Crippen molar-refractivity contribution >= 4 is 17.0 Å². The van der Waals surface area contributed by atoms with E-state index in [1.807, 2.05) is 12.1 Å². The maximum atomic E-state index is 5.70. The Morgan fingerprint density at radius 2 is 1.90 bits per heavy atom. The van der Waals surface area contributed by atoms with Crippen LogP contribution in [0.2, 0.25) is 0 Å². The molecule has 6 nitrogen and oxygen atoms in total. The largest absolute Gasteiger partial charge is 0.354 e. The van der Waals surface area contributed by atoms with Crippen molar-refractivity contribution in [3.05, 3.63) is 24.5 Å². The molecule has 1 saturated heterocycles. The standard InChI is InChI=1S/C15H22N6/c1-12(10-16)11-20-6-8-21(9-7-20)14-3-2-13-15(19-14)18-5-4-17-13/h2-5,12H,6-11,16H2,1H3. The van der Waals surface area contributed by atoms with Crippen LogP contribution in [0.25, 0.3) is 11.2 Å². The first-order valence-electron chi connectivity index (χ1n) is 7.51. The minimum atomic E-state index is 0.561. The van der Waals surface area contributed by atoms with Gasteiger partial charge >= 0.3 is 0 Å². The Balaban J connectivity index is 1.65. The van der Waals surface area contributed by atoms with Gasteiger partial charge in [-0.1, -0.05) is 6.92 Å². The van der Waals surface area contributed by atoms with Crippen molar-refractivity contribution in [2.24, 2.45) is 11.7 Å². The summed E-state index contributed by atoms with van der Waals surface area (Å²) in [6.45, 7) is 8.16. The summed E-state index contributed by atoms with van der Waals surface area (Å²) in [5.74, 6) is 1.56. The third-order valence-corrected chi connectivity index (χ3v) is 3.99. The SMILES string of the molecule is CC(CN)CN1CCN(c2ccc3nccnc3n2)CC1. The molecule has 3 rings (SSSR count). The normalized spacial score (nSPS) is 18.1. The molecule has 1 unspecified atom stereocenters. The highest BCUT2D eigenvalue weighted by molar-refractivity contribution is 5.71. The van der Waals surface area contributed by atoms with Crippen LogP contribution >= 0.6 is 0 Å². The van der Waals surface area contributed by atoms with Gasteiger partial charge in [-0.25, -0.2) is 9.97 Å². The number of rotatable bonds is 4. The Bertz CT molecular complexity index is 593. The number of nitrogens with zero attached hydrogens (tertiary/aromatic N) is 5. The number of hydrogen-bond donors (Lipinski definition) is 1. The smallest absolute Gasteiger partial charge is 0.180 e. The molecule has 0 radical (unpaired) electrons. The van der Waals surface area contributed by atoms with Crippen molar-refractivity contribution in [1.82, 2.24) is 19.9 Å². The second-order valence-electron chi connectivity index (χ2n) is 5.70. The Labute approximate surface area is 125 Å². The van der Waals surface area contributed by atoms with E-state index >= 15 is 0 Å². The summed E-state index contributed by atoms with van der Waals surface area (Å²) in [5, 5.41) is 0. The molecule has 2 N–H and O–H groups in total. The predicted molar refractivity (Wildman–Crippen MR) is 84.2 cm³/mol. The molecule has 0 aromatic carbocycles. The number of anilines is 1. The van der Waals surface area contributed by atoms with Gasteiger partial charge in [-0.15, -0.1) is 0 Å². The Kier molecular flexibility index (Phi) is 4.26.